The van der Waals surface area contributed by atoms with E-state index in [1.54, 1.807) is 6.92 Å². The number of rotatable bonds is 8. The van der Waals surface area contributed by atoms with Gasteiger partial charge in [-0.3, -0.25) is 14.3 Å². The Bertz CT molecular complexity index is 533. The summed E-state index contributed by atoms with van der Waals surface area (Å²) in [7, 11) is 4.13. The number of H-pyrrole nitrogens is 1. The van der Waals surface area contributed by atoms with E-state index in [0.717, 1.165) is 24.0 Å². The maximum atomic E-state index is 11.5. The molecule has 20 heavy (non-hydrogen) atoms. The molecule has 1 rings (SSSR count). The molecule has 7 heteroatoms. The second-order valence-corrected chi connectivity index (χ2v) is 5.54. The summed E-state index contributed by atoms with van der Waals surface area (Å²) in [5.74, 6) is 0. The summed E-state index contributed by atoms with van der Waals surface area (Å²) in [6.45, 7) is 4.12. The Balaban J connectivity index is 2.44. The van der Waals surface area contributed by atoms with Crippen LogP contribution in [0.2, 0.25) is 0 Å². The van der Waals surface area contributed by atoms with E-state index in [-0.39, 0.29) is 18.9 Å². The van der Waals surface area contributed by atoms with E-state index in [1.165, 1.54) is 10.8 Å². The molecular weight excluding hydrogens is 262 g/mol. The molecule has 1 aromatic rings. The highest BCUT2D eigenvalue weighted by Gasteiger charge is 2.13. The summed E-state index contributed by atoms with van der Waals surface area (Å²) >= 11 is 0. The molecule has 0 aliphatic carbocycles. The fraction of sp³-hybridized carbons (Fsp3) is 0.692. The van der Waals surface area contributed by atoms with Crippen LogP contribution in [-0.2, 0) is 11.5 Å². The van der Waals surface area contributed by atoms with Crippen LogP contribution in [0.25, 0.3) is 0 Å². The molecule has 0 aromatic carbocycles. The summed E-state index contributed by atoms with van der Waals surface area (Å²) < 4.78 is 7.56. The normalized spacial score (nSPS) is 11.8. The van der Waals surface area contributed by atoms with Gasteiger partial charge in [0.1, 0.15) is 13.3 Å². The SMILES string of the molecule is Cc1cn(COCC[N+](C)(C)CCCO)c(=O)[nH]c1=O. The van der Waals surface area contributed by atoms with Crippen molar-refractivity contribution in [1.82, 2.24) is 9.55 Å². The average molecular weight is 286 g/mol. The number of nitrogens with zero attached hydrogens (tertiary/aromatic N) is 2. The third-order valence-electron chi connectivity index (χ3n) is 3.18. The van der Waals surface area contributed by atoms with Crippen LogP contribution in [0.15, 0.2) is 15.8 Å². The van der Waals surface area contributed by atoms with Crippen LogP contribution in [0.4, 0.5) is 0 Å². The zero-order valence-electron chi connectivity index (χ0n) is 12.4. The minimum Gasteiger partial charge on any atom is -0.396 e. The van der Waals surface area contributed by atoms with Crippen molar-refractivity contribution in [1.29, 1.82) is 0 Å². The van der Waals surface area contributed by atoms with E-state index in [4.69, 9.17) is 9.84 Å². The second-order valence-electron chi connectivity index (χ2n) is 5.54. The summed E-state index contributed by atoms with van der Waals surface area (Å²) in [6.07, 6.45) is 2.25. The fourth-order valence-corrected chi connectivity index (χ4v) is 1.80. The third-order valence-corrected chi connectivity index (χ3v) is 3.18. The molecular formula is C13H24N3O4+. The molecule has 0 amide bonds. The van der Waals surface area contributed by atoms with Gasteiger partial charge in [0.15, 0.2) is 0 Å². The first-order valence-electron chi connectivity index (χ1n) is 6.67. The number of likely N-dealkylation sites (N-methyl/N-ethyl adjacent to an activating group) is 1. The molecule has 0 aliphatic heterocycles. The van der Waals surface area contributed by atoms with Gasteiger partial charge in [-0.15, -0.1) is 0 Å². The van der Waals surface area contributed by atoms with Crippen LogP contribution < -0.4 is 11.2 Å². The van der Waals surface area contributed by atoms with Gasteiger partial charge in [0.05, 0.1) is 27.2 Å². The lowest BCUT2D eigenvalue weighted by Crippen LogP contribution is -2.43. The van der Waals surface area contributed by atoms with Crippen molar-refractivity contribution in [3.8, 4) is 0 Å². The zero-order chi connectivity index (χ0) is 15.2. The summed E-state index contributed by atoms with van der Waals surface area (Å²) in [6, 6.07) is 0. The number of nitrogens with one attached hydrogen (secondary N) is 1. The Kier molecular flexibility index (Phi) is 6.12. The molecule has 0 atom stereocenters. The maximum absolute atomic E-state index is 11.5. The van der Waals surface area contributed by atoms with Crippen LogP contribution in [0.3, 0.4) is 0 Å². The Hall–Kier alpha value is -1.44. The van der Waals surface area contributed by atoms with Gasteiger partial charge >= 0.3 is 5.69 Å². The molecule has 0 saturated carbocycles. The highest BCUT2D eigenvalue weighted by Crippen LogP contribution is 1.99. The third kappa shape index (κ3) is 5.28. The van der Waals surface area contributed by atoms with Gasteiger partial charge in [-0.05, 0) is 6.92 Å². The summed E-state index contributed by atoms with van der Waals surface area (Å²) in [5, 5.41) is 8.82. The van der Waals surface area contributed by atoms with Crippen molar-refractivity contribution in [2.24, 2.45) is 0 Å². The van der Waals surface area contributed by atoms with Crippen molar-refractivity contribution >= 4 is 0 Å². The maximum Gasteiger partial charge on any atom is 0.330 e. The van der Waals surface area contributed by atoms with Gasteiger partial charge < -0.3 is 14.3 Å². The number of hydrogen-bond acceptors (Lipinski definition) is 4. The molecule has 0 spiro atoms. The number of aromatic amines is 1. The Morgan fingerprint density at radius 3 is 2.70 bits per heavy atom. The van der Waals surface area contributed by atoms with E-state index in [2.05, 4.69) is 19.1 Å². The molecule has 114 valence electrons. The minimum atomic E-state index is -0.463. The topological polar surface area (TPSA) is 84.3 Å². The van der Waals surface area contributed by atoms with Crippen molar-refractivity contribution in [2.45, 2.75) is 20.1 Å². The molecule has 1 aromatic heterocycles. The highest BCUT2D eigenvalue weighted by atomic mass is 16.5. The van der Waals surface area contributed by atoms with Gasteiger partial charge in [-0.25, -0.2) is 4.79 Å². The fourth-order valence-electron chi connectivity index (χ4n) is 1.80. The Labute approximate surface area is 118 Å². The van der Waals surface area contributed by atoms with Crippen molar-refractivity contribution in [2.75, 3.05) is 40.4 Å². The largest absolute Gasteiger partial charge is 0.396 e. The molecule has 0 aliphatic rings. The van der Waals surface area contributed by atoms with E-state index < -0.39 is 5.69 Å². The van der Waals surface area contributed by atoms with Crippen molar-refractivity contribution in [3.63, 3.8) is 0 Å². The van der Waals surface area contributed by atoms with Gasteiger partial charge in [0.25, 0.3) is 5.56 Å². The lowest BCUT2D eigenvalue weighted by Gasteiger charge is -2.29. The number of ether oxygens (including phenoxy) is 1. The quantitative estimate of drug-likeness (QED) is 0.488. The molecule has 0 radical (unpaired) electrons. The zero-order valence-corrected chi connectivity index (χ0v) is 12.4. The van der Waals surface area contributed by atoms with E-state index >= 15 is 0 Å². The van der Waals surface area contributed by atoms with Gasteiger partial charge in [0.2, 0.25) is 0 Å². The molecule has 0 bridgehead atoms. The minimum absolute atomic E-state index is 0.121. The lowest BCUT2D eigenvalue weighted by atomic mass is 10.3. The Morgan fingerprint density at radius 2 is 2.05 bits per heavy atom. The molecule has 0 saturated heterocycles. The number of aromatic nitrogens is 2. The van der Waals surface area contributed by atoms with E-state index in [1.807, 2.05) is 0 Å². The molecule has 2 N–H and O–H groups in total. The van der Waals surface area contributed by atoms with Crippen LogP contribution in [-0.4, -0.2) is 59.5 Å². The average Bonchev–Trinajstić information content (AvgIpc) is 2.38. The molecule has 1 heterocycles. The molecule has 0 unspecified atom stereocenters. The predicted octanol–water partition coefficient (Wildman–Crippen LogP) is -0.722. The highest BCUT2D eigenvalue weighted by molar-refractivity contribution is 5.00. The van der Waals surface area contributed by atoms with Crippen LogP contribution in [0, 0.1) is 6.92 Å². The van der Waals surface area contributed by atoms with Gasteiger partial charge in [-0.2, -0.15) is 0 Å². The first-order chi connectivity index (χ1) is 9.35. The lowest BCUT2D eigenvalue weighted by molar-refractivity contribution is -0.891. The number of aryl methyl sites for hydroxylation is 1. The first-order valence-corrected chi connectivity index (χ1v) is 6.67. The number of aliphatic hydroxyl groups is 1. The van der Waals surface area contributed by atoms with Crippen LogP contribution in [0.5, 0.6) is 0 Å². The Morgan fingerprint density at radius 1 is 1.35 bits per heavy atom. The van der Waals surface area contributed by atoms with E-state index in [0.29, 0.717) is 12.2 Å². The smallest absolute Gasteiger partial charge is 0.330 e. The molecule has 0 fully saturated rings. The van der Waals surface area contributed by atoms with E-state index in [9.17, 15) is 9.59 Å². The van der Waals surface area contributed by atoms with Crippen molar-refractivity contribution < 1.29 is 14.3 Å². The number of hydrogen-bond donors (Lipinski definition) is 2. The summed E-state index contributed by atoms with van der Waals surface area (Å²) in [5.41, 5.74) is -0.352. The van der Waals surface area contributed by atoms with Crippen LogP contribution >= 0.6 is 0 Å². The second kappa shape index (κ2) is 7.37. The van der Waals surface area contributed by atoms with Gasteiger partial charge in [0, 0.05) is 24.8 Å². The number of quaternary nitrogens is 1. The van der Waals surface area contributed by atoms with Crippen molar-refractivity contribution in [3.05, 3.63) is 32.6 Å². The molecule has 7 nitrogen and oxygen atoms in total. The monoisotopic (exact) mass is 286 g/mol. The predicted molar refractivity (Wildman–Crippen MR) is 75.6 cm³/mol. The summed E-state index contributed by atoms with van der Waals surface area (Å²) in [4.78, 5) is 25.0. The standard InChI is InChI=1S/C13H23N3O4/c1-11-9-15(13(19)14-12(11)18)10-20-8-6-16(2,3)5-4-7-17/h9,17H,4-8,10H2,1-3H3/p+1. The van der Waals surface area contributed by atoms with Gasteiger partial charge in [-0.1, -0.05) is 0 Å². The van der Waals surface area contributed by atoms with Crippen LogP contribution in [0.1, 0.15) is 12.0 Å². The number of aliphatic hydroxyl groups excluding tert-OH is 1. The first kappa shape index (κ1) is 16.6.